The minimum absolute atomic E-state index is 0.0144. The van der Waals surface area contributed by atoms with Gasteiger partial charge in [-0.25, -0.2) is 13.2 Å². The Kier molecular flexibility index (Phi) is 7.32. The predicted molar refractivity (Wildman–Crippen MR) is 94.0 cm³/mol. The highest BCUT2D eigenvalue weighted by Gasteiger charge is 2.40. The van der Waals surface area contributed by atoms with Gasteiger partial charge in [0.05, 0.1) is 18.5 Å². The van der Waals surface area contributed by atoms with Gasteiger partial charge in [0.1, 0.15) is 9.76 Å². The van der Waals surface area contributed by atoms with E-state index in [9.17, 15) is 13.2 Å². The summed E-state index contributed by atoms with van der Waals surface area (Å²) in [6.45, 7) is 5.82. The Morgan fingerprint density at radius 3 is 2.52 bits per heavy atom. The van der Waals surface area contributed by atoms with E-state index in [0.717, 1.165) is 0 Å². The summed E-state index contributed by atoms with van der Waals surface area (Å²) in [5.74, 6) is 0. The molecule has 0 aliphatic carbocycles. The van der Waals surface area contributed by atoms with Gasteiger partial charge in [0.2, 0.25) is 10.0 Å². The average Bonchev–Trinajstić information content (AvgIpc) is 2.44. The second-order valence-electron chi connectivity index (χ2n) is 6.16. The SMILES string of the molecule is CC(C)(C)OC(=O)N1CCN(S(=O)(=O)C(Br)CBr)[C@@H](CC#N)C1. The molecule has 1 rings (SSSR count). The number of alkyl halides is 2. The molecule has 23 heavy (non-hydrogen) atoms. The van der Waals surface area contributed by atoms with E-state index < -0.39 is 31.9 Å². The van der Waals surface area contributed by atoms with Crippen molar-refractivity contribution in [2.24, 2.45) is 0 Å². The number of piperazine rings is 1. The zero-order valence-corrected chi connectivity index (χ0v) is 17.3. The molecule has 10 heteroatoms. The summed E-state index contributed by atoms with van der Waals surface area (Å²) in [6.07, 6.45) is -0.478. The summed E-state index contributed by atoms with van der Waals surface area (Å²) < 4.78 is 30.9. The number of halogens is 2. The van der Waals surface area contributed by atoms with Crippen LogP contribution in [0.3, 0.4) is 0 Å². The van der Waals surface area contributed by atoms with Crippen molar-refractivity contribution in [3.8, 4) is 6.07 Å². The van der Waals surface area contributed by atoms with Gasteiger partial charge < -0.3 is 9.64 Å². The minimum atomic E-state index is -3.59. The summed E-state index contributed by atoms with van der Waals surface area (Å²) in [4.78, 5) is 13.6. The number of hydrogen-bond donors (Lipinski definition) is 0. The summed E-state index contributed by atoms with van der Waals surface area (Å²) in [6, 6.07) is 1.41. The fourth-order valence-corrected chi connectivity index (χ4v) is 5.16. The number of carbonyl (C=O) groups is 1. The van der Waals surface area contributed by atoms with Crippen molar-refractivity contribution in [2.45, 2.75) is 43.0 Å². The van der Waals surface area contributed by atoms with E-state index in [0.29, 0.717) is 0 Å². The lowest BCUT2D eigenvalue weighted by atomic mass is 10.1. The van der Waals surface area contributed by atoms with Crippen LogP contribution in [0.4, 0.5) is 4.79 Å². The molecule has 1 saturated heterocycles. The van der Waals surface area contributed by atoms with Gasteiger partial charge in [-0.3, -0.25) is 0 Å². The maximum Gasteiger partial charge on any atom is 0.410 e. The third kappa shape index (κ3) is 5.59. The van der Waals surface area contributed by atoms with Gasteiger partial charge in [-0.2, -0.15) is 9.57 Å². The number of hydrogen-bond acceptors (Lipinski definition) is 5. The number of rotatable bonds is 4. The third-order valence-electron chi connectivity index (χ3n) is 3.18. The molecule has 0 aromatic rings. The Morgan fingerprint density at radius 1 is 1.43 bits per heavy atom. The molecule has 1 unspecified atom stereocenters. The second kappa shape index (κ2) is 8.14. The molecule has 2 atom stereocenters. The number of carbonyl (C=O) groups excluding carboxylic acids is 1. The highest BCUT2D eigenvalue weighted by atomic mass is 79.9. The molecule has 0 radical (unpaired) electrons. The van der Waals surface area contributed by atoms with Crippen LogP contribution < -0.4 is 0 Å². The first-order valence-corrected chi connectivity index (χ1v) is 10.6. The van der Waals surface area contributed by atoms with Crippen LogP contribution in [-0.4, -0.2) is 64.5 Å². The van der Waals surface area contributed by atoms with E-state index in [4.69, 9.17) is 10.00 Å². The van der Waals surface area contributed by atoms with Crippen LogP contribution in [0.5, 0.6) is 0 Å². The van der Waals surface area contributed by atoms with Crippen LogP contribution in [-0.2, 0) is 14.8 Å². The molecule has 1 aliphatic rings. The maximum absolute atomic E-state index is 12.5. The van der Waals surface area contributed by atoms with Gasteiger partial charge in [0, 0.05) is 25.0 Å². The number of nitrogens with zero attached hydrogens (tertiary/aromatic N) is 3. The number of amides is 1. The Balaban J connectivity index is 2.91. The standard InChI is InChI=1S/C13H21Br2N3O4S/c1-13(2,3)22-12(19)17-6-7-18(10(9-17)4-5-16)23(20,21)11(15)8-14/h10-11H,4,6-9H2,1-3H3/t10-,11?/m0/s1. The van der Waals surface area contributed by atoms with Gasteiger partial charge in [0.15, 0.2) is 0 Å². The molecule has 1 amide bonds. The topological polar surface area (TPSA) is 90.7 Å². The molecular formula is C13H21Br2N3O4S. The molecule has 0 N–H and O–H groups in total. The lowest BCUT2D eigenvalue weighted by molar-refractivity contribution is 0.0135. The van der Waals surface area contributed by atoms with Crippen LogP contribution in [0.1, 0.15) is 27.2 Å². The van der Waals surface area contributed by atoms with Gasteiger partial charge in [-0.1, -0.05) is 31.9 Å². The van der Waals surface area contributed by atoms with Crippen LogP contribution in [0.25, 0.3) is 0 Å². The molecule has 0 aromatic carbocycles. The van der Waals surface area contributed by atoms with Gasteiger partial charge in [-0.05, 0) is 20.8 Å². The molecule has 7 nitrogen and oxygen atoms in total. The van der Waals surface area contributed by atoms with E-state index in [-0.39, 0.29) is 31.4 Å². The highest BCUT2D eigenvalue weighted by Crippen LogP contribution is 2.24. The van der Waals surface area contributed by atoms with Crippen molar-refractivity contribution in [2.75, 3.05) is 25.0 Å². The Hall–Kier alpha value is -0.370. The van der Waals surface area contributed by atoms with Crippen molar-refractivity contribution >= 4 is 48.0 Å². The largest absolute Gasteiger partial charge is 0.444 e. The van der Waals surface area contributed by atoms with Gasteiger partial charge >= 0.3 is 6.09 Å². The predicted octanol–water partition coefficient (Wildman–Crippen LogP) is 2.27. The minimum Gasteiger partial charge on any atom is -0.444 e. The lowest BCUT2D eigenvalue weighted by Crippen LogP contribution is -2.58. The van der Waals surface area contributed by atoms with Crippen LogP contribution >= 0.6 is 31.9 Å². The number of nitriles is 1. The van der Waals surface area contributed by atoms with Crippen LogP contribution in [0, 0.1) is 11.3 Å². The zero-order chi connectivity index (χ0) is 17.8. The average molecular weight is 475 g/mol. The van der Waals surface area contributed by atoms with Crippen LogP contribution in [0.15, 0.2) is 0 Å². The molecular weight excluding hydrogens is 454 g/mol. The van der Waals surface area contributed by atoms with Crippen molar-refractivity contribution in [1.82, 2.24) is 9.21 Å². The van der Waals surface area contributed by atoms with Crippen LogP contribution in [0.2, 0.25) is 0 Å². The molecule has 1 heterocycles. The molecule has 0 spiro atoms. The first-order valence-electron chi connectivity index (χ1n) is 7.08. The number of ether oxygens (including phenoxy) is 1. The van der Waals surface area contributed by atoms with E-state index in [1.807, 2.05) is 6.07 Å². The summed E-state index contributed by atoms with van der Waals surface area (Å²) >= 11 is 6.27. The van der Waals surface area contributed by atoms with Gasteiger partial charge in [-0.15, -0.1) is 0 Å². The number of sulfonamides is 1. The summed E-state index contributed by atoms with van der Waals surface area (Å²) in [5.41, 5.74) is -0.623. The lowest BCUT2D eigenvalue weighted by Gasteiger charge is -2.40. The fourth-order valence-electron chi connectivity index (χ4n) is 2.16. The molecule has 1 fully saturated rings. The molecule has 1 aliphatic heterocycles. The summed E-state index contributed by atoms with van der Waals surface area (Å²) in [7, 11) is -3.59. The highest BCUT2D eigenvalue weighted by molar-refractivity contribution is 9.13. The van der Waals surface area contributed by atoms with E-state index in [1.165, 1.54) is 9.21 Å². The fraction of sp³-hybridized carbons (Fsp3) is 0.846. The van der Waals surface area contributed by atoms with Crippen molar-refractivity contribution < 1.29 is 17.9 Å². The molecule has 0 saturated carbocycles. The van der Waals surface area contributed by atoms with E-state index in [2.05, 4.69) is 31.9 Å². The Bertz CT molecular complexity index is 571. The van der Waals surface area contributed by atoms with Crippen molar-refractivity contribution in [3.63, 3.8) is 0 Å². The van der Waals surface area contributed by atoms with Crippen molar-refractivity contribution in [3.05, 3.63) is 0 Å². The molecule has 0 aromatic heterocycles. The Labute approximate surface area is 154 Å². The second-order valence-corrected chi connectivity index (χ2v) is 10.6. The third-order valence-corrected chi connectivity index (χ3v) is 8.81. The first kappa shape index (κ1) is 20.7. The van der Waals surface area contributed by atoms with Gasteiger partial charge in [0.25, 0.3) is 0 Å². The zero-order valence-electron chi connectivity index (χ0n) is 13.3. The molecule has 132 valence electrons. The summed E-state index contributed by atoms with van der Waals surface area (Å²) in [5, 5.41) is 9.22. The van der Waals surface area contributed by atoms with Crippen molar-refractivity contribution in [1.29, 1.82) is 5.26 Å². The maximum atomic E-state index is 12.5. The molecule has 0 bridgehead atoms. The Morgan fingerprint density at radius 2 is 2.04 bits per heavy atom. The van der Waals surface area contributed by atoms with E-state index in [1.54, 1.807) is 20.8 Å². The first-order chi connectivity index (χ1) is 10.5. The normalized spacial score (nSPS) is 21.6. The smallest absolute Gasteiger partial charge is 0.410 e. The monoisotopic (exact) mass is 473 g/mol. The quantitative estimate of drug-likeness (QED) is 0.583. The van der Waals surface area contributed by atoms with E-state index >= 15 is 0 Å².